The van der Waals surface area contributed by atoms with Gasteiger partial charge >= 0.3 is 0 Å². The summed E-state index contributed by atoms with van der Waals surface area (Å²) in [6.45, 7) is 4.98. The Kier molecular flexibility index (Phi) is 3.87. The number of hydrogen-bond acceptors (Lipinski definition) is 3. The van der Waals surface area contributed by atoms with Gasteiger partial charge in [-0.1, -0.05) is 19.9 Å². The Balaban J connectivity index is 2.19. The Labute approximate surface area is 113 Å². The predicted molar refractivity (Wildman–Crippen MR) is 71.3 cm³/mol. The van der Waals surface area contributed by atoms with E-state index in [-0.39, 0.29) is 5.91 Å². The van der Waals surface area contributed by atoms with Crippen molar-refractivity contribution in [1.82, 2.24) is 5.32 Å². The molecule has 0 atom stereocenters. The van der Waals surface area contributed by atoms with Gasteiger partial charge in [0.05, 0.1) is 19.3 Å². The Hall–Kier alpha value is -1.86. The Morgan fingerprint density at radius 2 is 2.05 bits per heavy atom. The number of rotatable bonds is 4. The van der Waals surface area contributed by atoms with Crippen LogP contribution in [0.3, 0.4) is 0 Å². The van der Waals surface area contributed by atoms with Gasteiger partial charge in [0.2, 0.25) is 0 Å². The number of benzene rings is 1. The van der Waals surface area contributed by atoms with E-state index in [0.717, 1.165) is 11.1 Å². The average molecular weight is 258 g/mol. The number of carbonyl (C=O) groups excluding carboxylic acids is 1. The van der Waals surface area contributed by atoms with Crippen molar-refractivity contribution in [1.29, 1.82) is 5.26 Å². The molecule has 0 radical (unpaired) electrons. The number of nitriles is 1. The predicted octanol–water partition coefficient (Wildman–Crippen LogP) is 2.53. The summed E-state index contributed by atoms with van der Waals surface area (Å²) in [5.74, 6) is -0.194. The lowest BCUT2D eigenvalue weighted by Crippen LogP contribution is -2.46. The number of amides is 1. The summed E-state index contributed by atoms with van der Waals surface area (Å²) >= 11 is 0. The Morgan fingerprint density at radius 1 is 1.37 bits per heavy atom. The average Bonchev–Trinajstić information content (AvgIpc) is 2.92. The largest absolute Gasteiger partial charge is 0.372 e. The number of ether oxygens (including phenoxy) is 1. The minimum atomic E-state index is -0.771. The molecular weight excluding hydrogens is 240 g/mol. The molecule has 1 amide bonds. The highest BCUT2D eigenvalue weighted by molar-refractivity contribution is 5.95. The third-order valence-electron chi connectivity index (χ3n) is 3.76. The number of carbonyl (C=O) groups is 1. The molecule has 4 nitrogen and oxygen atoms in total. The second-order valence-corrected chi connectivity index (χ2v) is 4.83. The number of nitrogens with zero attached hydrogens (tertiary/aromatic N) is 1. The zero-order valence-electron chi connectivity index (χ0n) is 11.3. The van der Waals surface area contributed by atoms with Crippen LogP contribution in [0.4, 0.5) is 0 Å². The fraction of sp³-hybridized carbons (Fsp3) is 0.467. The van der Waals surface area contributed by atoms with Gasteiger partial charge in [-0.05, 0) is 36.1 Å². The van der Waals surface area contributed by atoms with E-state index in [1.807, 2.05) is 26.0 Å². The smallest absolute Gasteiger partial charge is 0.252 e. The summed E-state index contributed by atoms with van der Waals surface area (Å²) in [6.07, 6.45) is 1.19. The zero-order chi connectivity index (χ0) is 13.9. The lowest BCUT2D eigenvalue weighted by molar-refractivity contribution is 0.0915. The second kappa shape index (κ2) is 5.41. The van der Waals surface area contributed by atoms with Crippen molar-refractivity contribution in [3.8, 4) is 6.07 Å². The molecule has 0 unspecified atom stereocenters. The van der Waals surface area contributed by atoms with Gasteiger partial charge in [-0.2, -0.15) is 5.26 Å². The van der Waals surface area contributed by atoms with Crippen molar-refractivity contribution < 1.29 is 9.53 Å². The Bertz CT molecular complexity index is 527. The fourth-order valence-electron chi connectivity index (χ4n) is 2.22. The van der Waals surface area contributed by atoms with Crippen molar-refractivity contribution >= 4 is 5.91 Å². The van der Waals surface area contributed by atoms with Gasteiger partial charge < -0.3 is 10.1 Å². The molecule has 100 valence electrons. The van der Waals surface area contributed by atoms with Crippen molar-refractivity contribution in [2.24, 2.45) is 0 Å². The monoisotopic (exact) mass is 258 g/mol. The molecule has 0 saturated carbocycles. The standard InChI is InChI=1S/C15H18N2O2/c1-3-15(4-2,10-16)17-14(18)11-5-6-12-8-19-9-13(12)7-11/h5-7H,3-4,8-9H2,1-2H3,(H,17,18). The molecule has 1 heterocycles. The van der Waals surface area contributed by atoms with Gasteiger partial charge in [-0.15, -0.1) is 0 Å². The molecule has 0 aliphatic carbocycles. The molecule has 1 aromatic carbocycles. The maximum atomic E-state index is 12.2. The maximum Gasteiger partial charge on any atom is 0.252 e. The van der Waals surface area contributed by atoms with Crippen molar-refractivity contribution in [3.63, 3.8) is 0 Å². The van der Waals surface area contributed by atoms with Crippen LogP contribution in [0.15, 0.2) is 18.2 Å². The van der Waals surface area contributed by atoms with Crippen LogP contribution in [0.5, 0.6) is 0 Å². The molecule has 0 spiro atoms. The third-order valence-corrected chi connectivity index (χ3v) is 3.76. The van der Waals surface area contributed by atoms with Gasteiger partial charge in [0.1, 0.15) is 5.54 Å². The van der Waals surface area contributed by atoms with Crippen LogP contribution in [0, 0.1) is 11.3 Å². The van der Waals surface area contributed by atoms with E-state index >= 15 is 0 Å². The van der Waals surface area contributed by atoms with Crippen LogP contribution in [-0.4, -0.2) is 11.4 Å². The lowest BCUT2D eigenvalue weighted by Gasteiger charge is -2.25. The molecular formula is C15H18N2O2. The highest BCUT2D eigenvalue weighted by atomic mass is 16.5. The highest BCUT2D eigenvalue weighted by Gasteiger charge is 2.28. The molecule has 2 rings (SSSR count). The number of hydrogen-bond donors (Lipinski definition) is 1. The second-order valence-electron chi connectivity index (χ2n) is 4.83. The highest BCUT2D eigenvalue weighted by Crippen LogP contribution is 2.22. The van der Waals surface area contributed by atoms with E-state index in [2.05, 4.69) is 11.4 Å². The van der Waals surface area contributed by atoms with Gasteiger partial charge in [-0.25, -0.2) is 0 Å². The molecule has 0 saturated heterocycles. The minimum Gasteiger partial charge on any atom is -0.372 e. The van der Waals surface area contributed by atoms with Gasteiger partial charge in [-0.3, -0.25) is 4.79 Å². The number of nitrogens with one attached hydrogen (secondary N) is 1. The van der Waals surface area contributed by atoms with E-state index in [4.69, 9.17) is 4.74 Å². The first-order valence-electron chi connectivity index (χ1n) is 6.57. The molecule has 0 fully saturated rings. The topological polar surface area (TPSA) is 62.1 Å². The van der Waals surface area contributed by atoms with Gasteiger partial charge in [0.25, 0.3) is 5.91 Å². The third kappa shape index (κ3) is 2.61. The van der Waals surface area contributed by atoms with Gasteiger partial charge in [0, 0.05) is 5.56 Å². The first kappa shape index (κ1) is 13.6. The first-order chi connectivity index (χ1) is 9.14. The van der Waals surface area contributed by atoms with Crippen LogP contribution >= 0.6 is 0 Å². The number of fused-ring (bicyclic) bond motifs is 1. The van der Waals surface area contributed by atoms with Crippen molar-refractivity contribution in [3.05, 3.63) is 34.9 Å². The first-order valence-corrected chi connectivity index (χ1v) is 6.57. The van der Waals surface area contributed by atoms with Crippen LogP contribution in [0.25, 0.3) is 0 Å². The summed E-state index contributed by atoms with van der Waals surface area (Å²) in [7, 11) is 0. The summed E-state index contributed by atoms with van der Waals surface area (Å²) in [6, 6.07) is 7.77. The molecule has 1 aromatic rings. The molecule has 0 aromatic heterocycles. The fourth-order valence-corrected chi connectivity index (χ4v) is 2.22. The van der Waals surface area contributed by atoms with E-state index in [1.54, 1.807) is 6.07 Å². The van der Waals surface area contributed by atoms with E-state index in [1.165, 1.54) is 0 Å². The van der Waals surface area contributed by atoms with Gasteiger partial charge in [0.15, 0.2) is 0 Å². The van der Waals surface area contributed by atoms with Crippen LogP contribution in [0.2, 0.25) is 0 Å². The minimum absolute atomic E-state index is 0.194. The molecule has 1 N–H and O–H groups in total. The normalized spacial score (nSPS) is 13.7. The molecule has 19 heavy (non-hydrogen) atoms. The maximum absolute atomic E-state index is 12.2. The quantitative estimate of drug-likeness (QED) is 0.902. The molecule has 4 heteroatoms. The molecule has 1 aliphatic rings. The SMILES string of the molecule is CCC(C#N)(CC)NC(=O)c1ccc2c(c1)COC2. The Morgan fingerprint density at radius 3 is 2.68 bits per heavy atom. The summed E-state index contributed by atoms with van der Waals surface area (Å²) in [5.41, 5.74) is 2.01. The molecule has 1 aliphatic heterocycles. The summed E-state index contributed by atoms with van der Waals surface area (Å²) in [4.78, 5) is 12.2. The van der Waals surface area contributed by atoms with Crippen molar-refractivity contribution in [2.75, 3.05) is 0 Å². The van der Waals surface area contributed by atoms with Crippen LogP contribution in [0.1, 0.15) is 48.2 Å². The van der Waals surface area contributed by atoms with Crippen LogP contribution < -0.4 is 5.32 Å². The molecule has 0 bridgehead atoms. The van der Waals surface area contributed by atoms with E-state index in [9.17, 15) is 10.1 Å². The van der Waals surface area contributed by atoms with E-state index < -0.39 is 5.54 Å². The van der Waals surface area contributed by atoms with Crippen molar-refractivity contribution in [2.45, 2.75) is 45.4 Å². The summed E-state index contributed by atoms with van der Waals surface area (Å²) < 4.78 is 5.33. The van der Waals surface area contributed by atoms with Crippen LogP contribution in [-0.2, 0) is 18.0 Å². The summed E-state index contributed by atoms with van der Waals surface area (Å²) in [5, 5.41) is 12.1. The zero-order valence-corrected chi connectivity index (χ0v) is 11.3. The van der Waals surface area contributed by atoms with E-state index in [0.29, 0.717) is 31.6 Å². The lowest BCUT2D eigenvalue weighted by atomic mass is 9.94.